The normalized spacial score (nSPS) is 17.3. The van der Waals surface area contributed by atoms with Crippen molar-refractivity contribution in [3.05, 3.63) is 94.9 Å². The lowest BCUT2D eigenvalue weighted by atomic mass is 9.99. The third-order valence-corrected chi connectivity index (χ3v) is 4.09. The van der Waals surface area contributed by atoms with Crippen molar-refractivity contribution in [1.82, 2.24) is 5.32 Å². The molecule has 0 aliphatic heterocycles. The smallest absolute Gasteiger partial charge is 0.335 e. The minimum absolute atomic E-state index is 0.0122. The molecular weight excluding hydrogens is 362 g/mol. The Morgan fingerprint density at radius 3 is 2.83 bits per heavy atom. The maximum atomic E-state index is 11.4. The van der Waals surface area contributed by atoms with Gasteiger partial charge in [-0.05, 0) is 60.7 Å². The van der Waals surface area contributed by atoms with E-state index in [1.54, 1.807) is 0 Å². The maximum Gasteiger partial charge on any atom is 0.335 e. The fraction of sp³-hybridized carbons (Fsp3) is 0.240. The lowest BCUT2D eigenvalue weighted by Crippen LogP contribution is -2.22. The Kier molecular flexibility index (Phi) is 3.90. The molecule has 3 aromatic carbocycles. The number of aliphatic hydroxyl groups excluding tert-OH is 1. The minimum Gasteiger partial charge on any atom is -0.478 e. The van der Waals surface area contributed by atoms with Gasteiger partial charge in [-0.1, -0.05) is 66.0 Å². The summed E-state index contributed by atoms with van der Waals surface area (Å²) in [6.45, 7) is -1.23. The van der Waals surface area contributed by atoms with E-state index in [4.69, 9.17) is 13.7 Å². The SMILES string of the molecule is [2H]c1c([2H])c(CCCNC([2H])([2H])[C@H](O)c2c([2H])c([2H])c([2H])c(C)c2[2H])c([2H])c(-c2cccc(C(=O)O)c2)c1[2H]. The van der Waals surface area contributed by atoms with Crippen molar-refractivity contribution in [3.63, 3.8) is 0 Å². The summed E-state index contributed by atoms with van der Waals surface area (Å²) >= 11 is 0. The summed E-state index contributed by atoms with van der Waals surface area (Å²) in [5.41, 5.74) is -0.0461. The predicted octanol–water partition coefficient (Wildman–Crippen LogP) is 4.62. The van der Waals surface area contributed by atoms with Crippen molar-refractivity contribution >= 4 is 5.97 Å². The van der Waals surface area contributed by atoms with Gasteiger partial charge in [-0.2, -0.15) is 0 Å². The predicted molar refractivity (Wildman–Crippen MR) is 116 cm³/mol. The molecule has 0 saturated carbocycles. The van der Waals surface area contributed by atoms with Gasteiger partial charge in [-0.25, -0.2) is 4.79 Å². The fourth-order valence-corrected chi connectivity index (χ4v) is 2.65. The van der Waals surface area contributed by atoms with E-state index in [0.717, 1.165) is 0 Å². The van der Waals surface area contributed by atoms with Crippen molar-refractivity contribution in [2.75, 3.05) is 13.0 Å². The maximum absolute atomic E-state index is 11.4. The average molecular weight is 400 g/mol. The molecular formula is C25H27NO3. The van der Waals surface area contributed by atoms with Gasteiger partial charge >= 0.3 is 5.97 Å². The summed E-state index contributed by atoms with van der Waals surface area (Å²) in [4.78, 5) is 11.4. The molecule has 29 heavy (non-hydrogen) atoms. The molecule has 0 heterocycles. The molecule has 0 fully saturated rings. The standard InChI is InChI=1S/C25H27NO3/c1-18-6-2-11-22(14-18)24(27)17-26-13-5-8-19-7-3-9-20(15-19)21-10-4-12-23(16-21)25(28)29/h2-4,6-7,9-12,14-16,24,26-27H,5,8,13,17H2,1H3,(H,28,29)/t24-/m0/s1/i2D,3D,6D,7D,9D,11D,14D,15D,17D2. The number of nitrogens with one attached hydrogen (secondary N) is 1. The number of aliphatic hydroxyl groups is 1. The lowest BCUT2D eigenvalue weighted by molar-refractivity contribution is 0.0697. The Morgan fingerprint density at radius 2 is 2.00 bits per heavy atom. The van der Waals surface area contributed by atoms with Gasteiger partial charge in [0.25, 0.3) is 0 Å². The van der Waals surface area contributed by atoms with E-state index in [1.807, 2.05) is 0 Å². The molecule has 1 atom stereocenters. The highest BCUT2D eigenvalue weighted by atomic mass is 16.4. The third kappa shape index (κ3) is 6.01. The molecule has 3 N–H and O–H groups in total. The van der Waals surface area contributed by atoms with Crippen LogP contribution in [0.1, 0.15) is 53.3 Å². The second-order valence-corrected chi connectivity index (χ2v) is 6.36. The van der Waals surface area contributed by atoms with E-state index < -0.39 is 48.3 Å². The summed E-state index contributed by atoms with van der Waals surface area (Å²) in [5, 5.41) is 22.5. The van der Waals surface area contributed by atoms with Crippen molar-refractivity contribution in [2.24, 2.45) is 0 Å². The van der Waals surface area contributed by atoms with Gasteiger partial charge in [0.2, 0.25) is 0 Å². The average Bonchev–Trinajstić information content (AvgIpc) is 2.89. The highest BCUT2D eigenvalue weighted by molar-refractivity contribution is 5.89. The van der Waals surface area contributed by atoms with Crippen LogP contribution in [0, 0.1) is 6.92 Å². The Balaban J connectivity index is 1.83. The van der Waals surface area contributed by atoms with Crippen molar-refractivity contribution in [2.45, 2.75) is 25.9 Å². The third-order valence-electron chi connectivity index (χ3n) is 4.09. The summed E-state index contributed by atoms with van der Waals surface area (Å²) in [6.07, 6.45) is -1.81. The molecule has 0 radical (unpaired) electrons. The van der Waals surface area contributed by atoms with Crippen LogP contribution in [-0.4, -0.2) is 29.2 Å². The van der Waals surface area contributed by atoms with E-state index in [-0.39, 0.29) is 71.4 Å². The number of carboxylic acid groups (broad SMARTS) is 1. The lowest BCUT2D eigenvalue weighted by Gasteiger charge is -2.13. The molecule has 0 aliphatic rings. The van der Waals surface area contributed by atoms with Crippen LogP contribution in [0.2, 0.25) is 0 Å². The highest BCUT2D eigenvalue weighted by Crippen LogP contribution is 2.22. The molecule has 150 valence electrons. The zero-order chi connectivity index (χ0) is 29.4. The van der Waals surface area contributed by atoms with Gasteiger partial charge in [0.05, 0.1) is 22.6 Å². The first-order chi connectivity index (χ1) is 18.1. The van der Waals surface area contributed by atoms with Gasteiger partial charge in [0.15, 0.2) is 0 Å². The topological polar surface area (TPSA) is 69.6 Å². The van der Waals surface area contributed by atoms with Gasteiger partial charge in [-0.15, -0.1) is 0 Å². The summed E-state index contributed by atoms with van der Waals surface area (Å²) in [7, 11) is 0. The van der Waals surface area contributed by atoms with E-state index >= 15 is 0 Å². The van der Waals surface area contributed by atoms with E-state index in [2.05, 4.69) is 5.32 Å². The van der Waals surface area contributed by atoms with Crippen LogP contribution < -0.4 is 5.32 Å². The Morgan fingerprint density at radius 1 is 1.17 bits per heavy atom. The van der Waals surface area contributed by atoms with Gasteiger partial charge in [0, 0.05) is 9.24 Å². The van der Waals surface area contributed by atoms with E-state index in [0.29, 0.717) is 0 Å². The van der Waals surface area contributed by atoms with E-state index in [9.17, 15) is 15.0 Å². The molecule has 0 aromatic heterocycles. The molecule has 0 unspecified atom stereocenters. The number of hydrogen-bond donors (Lipinski definition) is 3. The number of aromatic carboxylic acids is 1. The second kappa shape index (κ2) is 10.0. The first-order valence-electron chi connectivity index (χ1n) is 14.0. The number of hydrogen-bond acceptors (Lipinski definition) is 3. The first kappa shape index (κ1) is 11.3. The number of rotatable bonds is 9. The monoisotopic (exact) mass is 399 g/mol. The first-order valence-corrected chi connectivity index (χ1v) is 9.04. The largest absolute Gasteiger partial charge is 0.478 e. The minimum atomic E-state index is -2.53. The highest BCUT2D eigenvalue weighted by Gasteiger charge is 2.07. The Hall–Kier alpha value is -2.95. The zero-order valence-corrected chi connectivity index (χ0v) is 15.8. The van der Waals surface area contributed by atoms with Gasteiger partial charge in [0.1, 0.15) is 0 Å². The molecule has 0 aliphatic carbocycles. The molecule has 4 nitrogen and oxygen atoms in total. The number of carboxylic acids is 1. The molecule has 0 amide bonds. The van der Waals surface area contributed by atoms with Crippen LogP contribution in [0.3, 0.4) is 0 Å². The molecule has 0 spiro atoms. The Labute approximate surface area is 185 Å². The Bertz CT molecular complexity index is 1420. The molecule has 4 heteroatoms. The van der Waals surface area contributed by atoms with Crippen LogP contribution in [-0.2, 0) is 6.42 Å². The zero-order valence-electron chi connectivity index (χ0n) is 25.8. The van der Waals surface area contributed by atoms with Gasteiger partial charge < -0.3 is 15.5 Å². The quantitative estimate of drug-likeness (QED) is 0.459. The van der Waals surface area contributed by atoms with Crippen LogP contribution in [0.15, 0.2) is 72.6 Å². The van der Waals surface area contributed by atoms with Gasteiger partial charge in [-0.3, -0.25) is 0 Å². The molecule has 0 bridgehead atoms. The van der Waals surface area contributed by atoms with Crippen LogP contribution in [0.4, 0.5) is 0 Å². The van der Waals surface area contributed by atoms with Crippen molar-refractivity contribution < 1.29 is 28.7 Å². The van der Waals surface area contributed by atoms with Crippen LogP contribution >= 0.6 is 0 Å². The summed E-state index contributed by atoms with van der Waals surface area (Å²) in [5.74, 6) is -1.19. The number of benzene rings is 3. The van der Waals surface area contributed by atoms with Crippen LogP contribution in [0.25, 0.3) is 11.1 Å². The summed E-state index contributed by atoms with van der Waals surface area (Å²) < 4.78 is 81.6. The van der Waals surface area contributed by atoms with E-state index in [1.165, 1.54) is 31.2 Å². The van der Waals surface area contributed by atoms with Crippen molar-refractivity contribution in [1.29, 1.82) is 0 Å². The molecule has 3 aromatic rings. The second-order valence-electron chi connectivity index (χ2n) is 6.36. The molecule has 0 saturated heterocycles. The number of carbonyl (C=O) groups is 1. The molecule has 3 rings (SSSR count). The van der Waals surface area contributed by atoms with Crippen molar-refractivity contribution in [3.8, 4) is 11.1 Å². The fourth-order valence-electron chi connectivity index (χ4n) is 2.65. The van der Waals surface area contributed by atoms with Crippen LogP contribution in [0.5, 0.6) is 0 Å². The summed E-state index contributed by atoms with van der Waals surface area (Å²) in [6, 6.07) is 2.40.